The van der Waals surface area contributed by atoms with Gasteiger partial charge in [-0.15, -0.1) is 0 Å². The molecule has 1 aliphatic carbocycles. The number of nitrogens with one attached hydrogen (secondary N) is 1. The Labute approximate surface area is 192 Å². The average molecular weight is 496 g/mol. The van der Waals surface area contributed by atoms with Crippen LogP contribution in [0.1, 0.15) is 28.7 Å². The Hall–Kier alpha value is -3.52. The first-order chi connectivity index (χ1) is 15.5. The van der Waals surface area contributed by atoms with Crippen LogP contribution >= 0.6 is 15.9 Å². The van der Waals surface area contributed by atoms with Gasteiger partial charge in [0.25, 0.3) is 0 Å². The summed E-state index contributed by atoms with van der Waals surface area (Å²) in [6.07, 6.45) is -0.812. The van der Waals surface area contributed by atoms with Gasteiger partial charge in [-0.2, -0.15) is 0 Å². The van der Waals surface area contributed by atoms with Gasteiger partial charge < -0.3 is 24.6 Å². The minimum Gasteiger partial charge on any atom is -0.479 e. The molecule has 0 saturated carbocycles. The zero-order valence-corrected chi connectivity index (χ0v) is 18.3. The normalized spacial score (nSPS) is 14.4. The fourth-order valence-electron chi connectivity index (χ4n) is 4.20. The van der Waals surface area contributed by atoms with Crippen LogP contribution in [0.4, 0.5) is 4.79 Å². The van der Waals surface area contributed by atoms with E-state index in [0.717, 1.165) is 22.3 Å². The molecule has 1 atom stereocenters. The van der Waals surface area contributed by atoms with E-state index >= 15 is 0 Å². The van der Waals surface area contributed by atoms with E-state index in [4.69, 9.17) is 14.2 Å². The van der Waals surface area contributed by atoms with E-state index in [0.29, 0.717) is 21.5 Å². The summed E-state index contributed by atoms with van der Waals surface area (Å²) in [6.45, 7) is 0.145. The standard InChI is InChI=1S/C24H18BrNO6/c25-19-9-13(10-20-22(19)32-12-31-20)21(23(27)28)26-24(29)30-11-18-16-7-3-1-5-14(16)15-6-2-4-8-17(15)18/h1-10,18,21H,11-12H2,(H,26,29)(H,27,28). The van der Waals surface area contributed by atoms with E-state index in [9.17, 15) is 14.7 Å². The Morgan fingerprint density at radius 1 is 1.06 bits per heavy atom. The number of fused-ring (bicyclic) bond motifs is 4. The Bertz CT molecular complexity index is 1180. The monoisotopic (exact) mass is 495 g/mol. The molecule has 1 heterocycles. The largest absolute Gasteiger partial charge is 0.479 e. The lowest BCUT2D eigenvalue weighted by Crippen LogP contribution is -2.34. The Morgan fingerprint density at radius 3 is 2.38 bits per heavy atom. The smallest absolute Gasteiger partial charge is 0.408 e. The van der Waals surface area contributed by atoms with Crippen molar-refractivity contribution in [3.8, 4) is 22.6 Å². The number of carbonyl (C=O) groups is 2. The van der Waals surface area contributed by atoms with Crippen molar-refractivity contribution in [3.63, 3.8) is 0 Å². The molecule has 1 aliphatic heterocycles. The Balaban J connectivity index is 1.32. The van der Waals surface area contributed by atoms with Crippen molar-refractivity contribution >= 4 is 28.0 Å². The number of hydrogen-bond donors (Lipinski definition) is 2. The van der Waals surface area contributed by atoms with Gasteiger partial charge >= 0.3 is 12.1 Å². The molecule has 162 valence electrons. The highest BCUT2D eigenvalue weighted by Crippen LogP contribution is 2.44. The molecule has 0 fully saturated rings. The summed E-state index contributed by atoms with van der Waals surface area (Å²) < 4.78 is 16.7. The molecule has 0 spiro atoms. The second-order valence-electron chi connectivity index (χ2n) is 7.48. The van der Waals surface area contributed by atoms with E-state index in [2.05, 4.69) is 21.2 Å². The molecule has 8 heteroatoms. The molecule has 1 unspecified atom stereocenters. The van der Waals surface area contributed by atoms with Crippen molar-refractivity contribution < 1.29 is 28.9 Å². The number of benzene rings is 3. The predicted octanol–water partition coefficient (Wildman–Crippen LogP) is 4.84. The number of halogens is 1. The van der Waals surface area contributed by atoms with Gasteiger partial charge in [0, 0.05) is 5.92 Å². The lowest BCUT2D eigenvalue weighted by molar-refractivity contribution is -0.139. The summed E-state index contributed by atoms with van der Waals surface area (Å²) in [7, 11) is 0. The van der Waals surface area contributed by atoms with E-state index in [-0.39, 0.29) is 19.3 Å². The van der Waals surface area contributed by atoms with Gasteiger partial charge in [0.15, 0.2) is 17.5 Å². The van der Waals surface area contributed by atoms with Crippen LogP contribution in [0.2, 0.25) is 0 Å². The number of hydrogen-bond acceptors (Lipinski definition) is 5. The SMILES string of the molecule is O=C(NC(C(=O)O)c1cc(Br)c2c(c1)OCO2)OCC1c2ccccc2-c2ccccc21. The summed E-state index contributed by atoms with van der Waals surface area (Å²) >= 11 is 3.35. The number of ether oxygens (including phenoxy) is 3. The summed E-state index contributed by atoms with van der Waals surface area (Å²) in [5.74, 6) is -0.422. The maximum atomic E-state index is 12.6. The van der Waals surface area contributed by atoms with Crippen LogP contribution in [0.15, 0.2) is 65.1 Å². The third-order valence-electron chi connectivity index (χ3n) is 5.64. The van der Waals surface area contributed by atoms with Crippen LogP contribution < -0.4 is 14.8 Å². The molecule has 3 aromatic carbocycles. The number of alkyl carbamates (subject to hydrolysis) is 1. The first-order valence-electron chi connectivity index (χ1n) is 9.96. The maximum Gasteiger partial charge on any atom is 0.408 e. The third kappa shape index (κ3) is 3.56. The number of carboxylic acids is 1. The maximum absolute atomic E-state index is 12.6. The first-order valence-corrected chi connectivity index (χ1v) is 10.8. The van der Waals surface area contributed by atoms with Crippen molar-refractivity contribution in [2.45, 2.75) is 12.0 Å². The van der Waals surface area contributed by atoms with Gasteiger partial charge in [-0.3, -0.25) is 0 Å². The highest BCUT2D eigenvalue weighted by atomic mass is 79.9. The minimum atomic E-state index is -1.31. The minimum absolute atomic E-state index is 0.0505. The van der Waals surface area contributed by atoms with E-state index in [1.165, 1.54) is 6.07 Å². The highest BCUT2D eigenvalue weighted by Gasteiger charge is 2.31. The van der Waals surface area contributed by atoms with Crippen molar-refractivity contribution in [1.29, 1.82) is 0 Å². The van der Waals surface area contributed by atoms with Gasteiger partial charge in [-0.25, -0.2) is 9.59 Å². The molecular weight excluding hydrogens is 478 g/mol. The van der Waals surface area contributed by atoms with Gasteiger partial charge in [0.2, 0.25) is 6.79 Å². The lowest BCUT2D eigenvalue weighted by Gasteiger charge is -2.18. The second kappa shape index (κ2) is 8.20. The van der Waals surface area contributed by atoms with Crippen LogP contribution in [-0.2, 0) is 9.53 Å². The van der Waals surface area contributed by atoms with Crippen LogP contribution in [-0.4, -0.2) is 30.6 Å². The molecule has 2 aliphatic rings. The summed E-state index contributed by atoms with van der Waals surface area (Å²) in [6, 6.07) is 17.8. The zero-order valence-electron chi connectivity index (χ0n) is 16.7. The molecule has 2 N–H and O–H groups in total. The average Bonchev–Trinajstić information content (AvgIpc) is 3.39. The number of aliphatic carboxylic acids is 1. The fraction of sp³-hybridized carbons (Fsp3) is 0.167. The molecule has 0 aromatic heterocycles. The Kier molecular flexibility index (Phi) is 5.22. The van der Waals surface area contributed by atoms with Gasteiger partial charge in [-0.05, 0) is 55.9 Å². The van der Waals surface area contributed by atoms with E-state index < -0.39 is 18.1 Å². The highest BCUT2D eigenvalue weighted by molar-refractivity contribution is 9.10. The number of carboxylic acid groups (broad SMARTS) is 1. The molecule has 7 nitrogen and oxygen atoms in total. The number of amides is 1. The van der Waals surface area contributed by atoms with Gasteiger partial charge in [0.1, 0.15) is 6.61 Å². The molecule has 5 rings (SSSR count). The summed E-state index contributed by atoms with van der Waals surface area (Å²) in [4.78, 5) is 24.4. The summed E-state index contributed by atoms with van der Waals surface area (Å²) in [5.41, 5.74) is 4.73. The van der Waals surface area contributed by atoms with E-state index in [1.807, 2.05) is 48.5 Å². The molecule has 0 saturated heterocycles. The predicted molar refractivity (Wildman–Crippen MR) is 119 cm³/mol. The fourth-order valence-corrected chi connectivity index (χ4v) is 4.77. The molecule has 0 bridgehead atoms. The van der Waals surface area contributed by atoms with Crippen LogP contribution in [0.3, 0.4) is 0 Å². The molecule has 1 amide bonds. The Morgan fingerprint density at radius 2 is 1.72 bits per heavy atom. The van der Waals surface area contributed by atoms with Crippen LogP contribution in [0.25, 0.3) is 11.1 Å². The first kappa shape index (κ1) is 20.4. The lowest BCUT2D eigenvalue weighted by atomic mass is 9.98. The van der Waals surface area contributed by atoms with E-state index in [1.54, 1.807) is 6.07 Å². The van der Waals surface area contributed by atoms with Crippen molar-refractivity contribution in [2.24, 2.45) is 0 Å². The summed E-state index contributed by atoms with van der Waals surface area (Å²) in [5, 5.41) is 12.1. The van der Waals surface area contributed by atoms with Crippen LogP contribution in [0.5, 0.6) is 11.5 Å². The van der Waals surface area contributed by atoms with Crippen molar-refractivity contribution in [3.05, 3.63) is 81.8 Å². The van der Waals surface area contributed by atoms with Gasteiger partial charge in [-0.1, -0.05) is 48.5 Å². The zero-order chi connectivity index (χ0) is 22.2. The van der Waals surface area contributed by atoms with Crippen molar-refractivity contribution in [1.82, 2.24) is 5.32 Å². The quantitative estimate of drug-likeness (QED) is 0.525. The molecular formula is C24H18BrNO6. The topological polar surface area (TPSA) is 94.1 Å². The number of carbonyl (C=O) groups excluding carboxylic acids is 1. The number of rotatable bonds is 5. The molecule has 3 aromatic rings. The van der Waals surface area contributed by atoms with Gasteiger partial charge in [0.05, 0.1) is 4.47 Å². The molecule has 0 radical (unpaired) electrons. The van der Waals surface area contributed by atoms with Crippen LogP contribution in [0, 0.1) is 0 Å². The van der Waals surface area contributed by atoms with Crippen molar-refractivity contribution in [2.75, 3.05) is 13.4 Å². The second-order valence-corrected chi connectivity index (χ2v) is 8.33. The molecule has 32 heavy (non-hydrogen) atoms. The third-order valence-corrected chi connectivity index (χ3v) is 6.22.